The van der Waals surface area contributed by atoms with Gasteiger partial charge in [0.15, 0.2) is 0 Å². The number of aliphatic carboxylic acids is 1. The Balaban J connectivity index is 1.94. The summed E-state index contributed by atoms with van der Waals surface area (Å²) in [5.41, 5.74) is 0.939. The quantitative estimate of drug-likeness (QED) is 0.916. The van der Waals surface area contributed by atoms with Crippen molar-refractivity contribution in [2.45, 2.75) is 31.7 Å². The summed E-state index contributed by atoms with van der Waals surface area (Å²) in [4.78, 5) is 25.6. The van der Waals surface area contributed by atoms with Crippen molar-refractivity contribution >= 4 is 11.9 Å². The molecule has 1 aliphatic heterocycles. The highest BCUT2D eigenvalue weighted by Gasteiger charge is 2.42. The van der Waals surface area contributed by atoms with E-state index in [2.05, 4.69) is 0 Å². The van der Waals surface area contributed by atoms with Crippen LogP contribution in [0.1, 0.15) is 37.3 Å². The average Bonchev–Trinajstić information content (AvgIpc) is 3.25. The van der Waals surface area contributed by atoms with Crippen LogP contribution in [0.2, 0.25) is 0 Å². The number of piperidine rings is 1. The zero-order valence-corrected chi connectivity index (χ0v) is 11.4. The Morgan fingerprint density at radius 2 is 1.90 bits per heavy atom. The van der Waals surface area contributed by atoms with E-state index in [9.17, 15) is 14.7 Å². The molecule has 1 aliphatic carbocycles. The number of likely N-dealkylation sites (tertiary alicyclic amines) is 1. The van der Waals surface area contributed by atoms with Crippen molar-refractivity contribution in [1.82, 2.24) is 4.90 Å². The summed E-state index contributed by atoms with van der Waals surface area (Å²) in [6.07, 6.45) is 3.11. The van der Waals surface area contributed by atoms with Crippen LogP contribution in [0.3, 0.4) is 0 Å². The Kier molecular flexibility index (Phi) is 3.47. The maximum Gasteiger partial charge on any atom is 0.308 e. The second-order valence-corrected chi connectivity index (χ2v) is 5.83. The average molecular weight is 273 g/mol. The lowest BCUT2D eigenvalue weighted by Crippen LogP contribution is -2.46. The second kappa shape index (κ2) is 5.27. The van der Waals surface area contributed by atoms with Crippen molar-refractivity contribution < 1.29 is 14.7 Å². The molecule has 1 aromatic rings. The summed E-state index contributed by atoms with van der Waals surface area (Å²) in [6.45, 7) is 0.710. The van der Waals surface area contributed by atoms with Gasteiger partial charge in [-0.2, -0.15) is 0 Å². The van der Waals surface area contributed by atoms with E-state index >= 15 is 0 Å². The fourth-order valence-corrected chi connectivity index (χ4v) is 3.07. The van der Waals surface area contributed by atoms with Crippen LogP contribution in [0.4, 0.5) is 0 Å². The number of hydrogen-bond acceptors (Lipinski definition) is 2. The van der Waals surface area contributed by atoms with Gasteiger partial charge in [0.25, 0.3) is 0 Å². The van der Waals surface area contributed by atoms with E-state index in [0.29, 0.717) is 25.3 Å². The number of amides is 1. The van der Waals surface area contributed by atoms with Crippen LogP contribution in [-0.4, -0.2) is 28.4 Å². The van der Waals surface area contributed by atoms with Gasteiger partial charge in [0, 0.05) is 13.0 Å². The van der Waals surface area contributed by atoms with Gasteiger partial charge in [0.2, 0.25) is 5.91 Å². The molecular formula is C16H19NO3. The summed E-state index contributed by atoms with van der Waals surface area (Å²) in [6, 6.07) is 9.27. The van der Waals surface area contributed by atoms with E-state index in [-0.39, 0.29) is 11.9 Å². The third-order valence-electron chi connectivity index (χ3n) is 4.32. The maximum atomic E-state index is 12.2. The summed E-state index contributed by atoms with van der Waals surface area (Å²) in [7, 11) is 0. The molecule has 2 aliphatic rings. The lowest BCUT2D eigenvalue weighted by molar-refractivity contribution is -0.152. The molecule has 1 aromatic carbocycles. The van der Waals surface area contributed by atoms with E-state index < -0.39 is 11.9 Å². The number of carboxylic acids is 1. The number of carboxylic acid groups (broad SMARTS) is 1. The molecule has 1 amide bonds. The van der Waals surface area contributed by atoms with Crippen molar-refractivity contribution in [2.24, 2.45) is 11.8 Å². The molecule has 1 N–H and O–H groups in total. The van der Waals surface area contributed by atoms with Crippen LogP contribution >= 0.6 is 0 Å². The topological polar surface area (TPSA) is 57.6 Å². The molecular weight excluding hydrogens is 254 g/mol. The van der Waals surface area contributed by atoms with Crippen molar-refractivity contribution in [3.63, 3.8) is 0 Å². The molecule has 2 atom stereocenters. The van der Waals surface area contributed by atoms with E-state index in [1.165, 1.54) is 0 Å². The molecule has 1 saturated carbocycles. The molecule has 20 heavy (non-hydrogen) atoms. The molecule has 0 radical (unpaired) electrons. The Labute approximate surface area is 118 Å². The van der Waals surface area contributed by atoms with E-state index in [1.54, 1.807) is 0 Å². The number of carbonyl (C=O) groups excluding carboxylic acids is 1. The third-order valence-corrected chi connectivity index (χ3v) is 4.32. The Morgan fingerprint density at radius 3 is 2.50 bits per heavy atom. The first-order valence-electron chi connectivity index (χ1n) is 7.24. The summed E-state index contributed by atoms with van der Waals surface area (Å²) in [5, 5.41) is 9.49. The highest BCUT2D eigenvalue weighted by molar-refractivity contribution is 5.81. The zero-order valence-electron chi connectivity index (χ0n) is 11.4. The molecule has 1 heterocycles. The molecule has 4 nitrogen and oxygen atoms in total. The van der Waals surface area contributed by atoms with E-state index in [1.807, 2.05) is 35.2 Å². The maximum absolute atomic E-state index is 12.2. The first kappa shape index (κ1) is 13.2. The van der Waals surface area contributed by atoms with Gasteiger partial charge in [0.1, 0.15) is 0 Å². The normalized spacial score (nSPS) is 26.6. The van der Waals surface area contributed by atoms with Crippen molar-refractivity contribution in [3.8, 4) is 0 Å². The minimum Gasteiger partial charge on any atom is -0.481 e. The zero-order chi connectivity index (χ0) is 14.1. The molecule has 106 valence electrons. The SMILES string of the molecule is O=C(O)[C@@H]1CCC(=O)N(CC2CC2)[C@@H]1c1ccccc1. The molecule has 0 spiro atoms. The third kappa shape index (κ3) is 2.55. The minimum atomic E-state index is -0.799. The monoisotopic (exact) mass is 273 g/mol. The van der Waals surface area contributed by atoms with Crippen molar-refractivity contribution in [3.05, 3.63) is 35.9 Å². The summed E-state index contributed by atoms with van der Waals surface area (Å²) < 4.78 is 0. The predicted octanol–water partition coefficient (Wildman–Crippen LogP) is 2.46. The molecule has 0 bridgehead atoms. The van der Waals surface area contributed by atoms with Crippen molar-refractivity contribution in [2.75, 3.05) is 6.54 Å². The van der Waals surface area contributed by atoms with Gasteiger partial charge in [-0.3, -0.25) is 9.59 Å². The summed E-state index contributed by atoms with van der Waals surface area (Å²) >= 11 is 0. The van der Waals surface area contributed by atoms with E-state index in [0.717, 1.165) is 18.4 Å². The Hall–Kier alpha value is -1.84. The number of carbonyl (C=O) groups is 2. The van der Waals surface area contributed by atoms with Gasteiger partial charge >= 0.3 is 5.97 Å². The number of benzene rings is 1. The molecule has 0 aromatic heterocycles. The Morgan fingerprint density at radius 1 is 1.20 bits per heavy atom. The fraction of sp³-hybridized carbons (Fsp3) is 0.500. The second-order valence-electron chi connectivity index (χ2n) is 5.83. The highest BCUT2D eigenvalue weighted by atomic mass is 16.4. The van der Waals surface area contributed by atoms with Crippen LogP contribution in [0.5, 0.6) is 0 Å². The number of hydrogen-bond donors (Lipinski definition) is 1. The van der Waals surface area contributed by atoms with Gasteiger partial charge in [-0.05, 0) is 30.7 Å². The minimum absolute atomic E-state index is 0.100. The predicted molar refractivity (Wildman–Crippen MR) is 74.0 cm³/mol. The number of rotatable bonds is 4. The highest BCUT2D eigenvalue weighted by Crippen LogP contribution is 2.40. The summed E-state index contributed by atoms with van der Waals surface area (Å²) in [5.74, 6) is -0.623. The molecule has 4 heteroatoms. The smallest absolute Gasteiger partial charge is 0.308 e. The fourth-order valence-electron chi connectivity index (χ4n) is 3.07. The van der Waals surface area contributed by atoms with Crippen LogP contribution in [0.15, 0.2) is 30.3 Å². The van der Waals surface area contributed by atoms with Gasteiger partial charge in [-0.25, -0.2) is 0 Å². The Bertz CT molecular complexity index is 510. The standard InChI is InChI=1S/C16H19NO3/c18-14-9-8-13(16(19)20)15(12-4-2-1-3-5-12)17(14)10-11-6-7-11/h1-5,11,13,15H,6-10H2,(H,19,20)/t13-,15-/m1/s1. The van der Waals surface area contributed by atoms with Gasteiger partial charge in [-0.15, -0.1) is 0 Å². The van der Waals surface area contributed by atoms with Crippen LogP contribution < -0.4 is 0 Å². The first-order chi connectivity index (χ1) is 9.66. The van der Waals surface area contributed by atoms with Crippen molar-refractivity contribution in [1.29, 1.82) is 0 Å². The molecule has 1 saturated heterocycles. The lowest BCUT2D eigenvalue weighted by atomic mass is 9.84. The van der Waals surface area contributed by atoms with Gasteiger partial charge in [-0.1, -0.05) is 30.3 Å². The van der Waals surface area contributed by atoms with Gasteiger partial charge in [0.05, 0.1) is 12.0 Å². The number of nitrogens with zero attached hydrogens (tertiary/aromatic N) is 1. The van der Waals surface area contributed by atoms with Crippen LogP contribution in [0.25, 0.3) is 0 Å². The first-order valence-corrected chi connectivity index (χ1v) is 7.24. The molecule has 2 fully saturated rings. The lowest BCUT2D eigenvalue weighted by Gasteiger charge is -2.40. The van der Waals surface area contributed by atoms with Crippen LogP contribution in [0, 0.1) is 11.8 Å². The van der Waals surface area contributed by atoms with E-state index in [4.69, 9.17) is 0 Å². The van der Waals surface area contributed by atoms with Gasteiger partial charge < -0.3 is 10.0 Å². The van der Waals surface area contributed by atoms with Crippen LogP contribution in [-0.2, 0) is 9.59 Å². The largest absolute Gasteiger partial charge is 0.481 e. The molecule has 0 unspecified atom stereocenters. The molecule has 3 rings (SSSR count).